The number of rotatable bonds is 5. The van der Waals surface area contributed by atoms with Gasteiger partial charge in [-0.05, 0) is 25.1 Å². The smallest absolute Gasteiger partial charge is 0.355 e. The lowest BCUT2D eigenvalue weighted by Crippen LogP contribution is -2.39. The zero-order valence-corrected chi connectivity index (χ0v) is 15.2. The average Bonchev–Trinajstić information content (AvgIpc) is 2.60. The first-order valence-electron chi connectivity index (χ1n) is 7.20. The topological polar surface area (TPSA) is 74.3 Å². The number of hydrogen-bond acceptors (Lipinski definition) is 7. The van der Waals surface area contributed by atoms with Crippen LogP contribution >= 0.6 is 15.9 Å². The highest BCUT2D eigenvalue weighted by molar-refractivity contribution is 9.10. The molecule has 2 rings (SSSR count). The summed E-state index contributed by atoms with van der Waals surface area (Å²) in [6.07, 6.45) is 0. The molecule has 0 fully saturated rings. The zero-order chi connectivity index (χ0) is 17.7. The number of carbonyl (C=O) groups is 2. The Kier molecular flexibility index (Phi) is 6.22. The van der Waals surface area contributed by atoms with E-state index in [1.54, 1.807) is 23.1 Å². The van der Waals surface area contributed by atoms with Crippen molar-refractivity contribution in [3.8, 4) is 5.75 Å². The van der Waals surface area contributed by atoms with Crippen LogP contribution in [0.15, 0.2) is 33.9 Å². The largest absolute Gasteiger partial charge is 0.492 e. The number of carbonyl (C=O) groups excluding carboxylic acids is 2. The van der Waals surface area contributed by atoms with E-state index in [2.05, 4.69) is 15.9 Å². The van der Waals surface area contributed by atoms with E-state index in [1.165, 1.54) is 14.2 Å². The third kappa shape index (κ3) is 3.70. The maximum atomic E-state index is 12.3. The monoisotopic (exact) mass is 399 g/mol. The Bertz CT molecular complexity index is 673. The Morgan fingerprint density at radius 2 is 1.96 bits per heavy atom. The molecule has 1 aliphatic heterocycles. The molecule has 0 atom stereocenters. The normalized spacial score (nSPS) is 14.4. The fraction of sp³-hybridized carbons (Fsp3) is 0.375. The zero-order valence-electron chi connectivity index (χ0n) is 13.6. The second-order valence-corrected chi connectivity index (χ2v) is 5.68. The van der Waals surface area contributed by atoms with Crippen molar-refractivity contribution in [2.24, 2.45) is 0 Å². The minimum absolute atomic E-state index is 0.0336. The number of benzene rings is 1. The van der Waals surface area contributed by atoms with Crippen molar-refractivity contribution >= 4 is 33.6 Å². The number of esters is 2. The molecule has 0 bridgehead atoms. The van der Waals surface area contributed by atoms with Crippen molar-refractivity contribution in [1.82, 2.24) is 0 Å². The average molecular weight is 400 g/mol. The van der Waals surface area contributed by atoms with Gasteiger partial charge in [0.25, 0.3) is 0 Å². The lowest BCUT2D eigenvalue weighted by atomic mass is 10.1. The van der Waals surface area contributed by atoms with Crippen LogP contribution in [-0.2, 0) is 23.8 Å². The van der Waals surface area contributed by atoms with Crippen molar-refractivity contribution in [2.45, 2.75) is 6.92 Å². The van der Waals surface area contributed by atoms with E-state index in [-0.39, 0.29) is 24.6 Å². The quantitative estimate of drug-likeness (QED) is 0.702. The van der Waals surface area contributed by atoms with Crippen LogP contribution in [0.4, 0.5) is 5.69 Å². The highest BCUT2D eigenvalue weighted by atomic mass is 79.9. The summed E-state index contributed by atoms with van der Waals surface area (Å²) in [4.78, 5) is 25.8. The Labute approximate surface area is 148 Å². The number of hydrogen-bond donors (Lipinski definition) is 0. The van der Waals surface area contributed by atoms with E-state index in [1.807, 2.05) is 6.92 Å². The van der Waals surface area contributed by atoms with E-state index in [9.17, 15) is 9.59 Å². The van der Waals surface area contributed by atoms with Gasteiger partial charge >= 0.3 is 11.9 Å². The minimum Gasteiger partial charge on any atom is -0.492 e. The second kappa shape index (κ2) is 8.16. The van der Waals surface area contributed by atoms with Gasteiger partial charge in [0.15, 0.2) is 0 Å². The molecule has 0 unspecified atom stereocenters. The molecule has 130 valence electrons. The number of ether oxygens (including phenoxy) is 4. The Balaban J connectivity index is 2.59. The maximum Gasteiger partial charge on any atom is 0.355 e. The fourth-order valence-corrected chi connectivity index (χ4v) is 2.66. The van der Waals surface area contributed by atoms with Crippen molar-refractivity contribution in [2.75, 3.05) is 39.1 Å². The molecule has 8 heteroatoms. The molecule has 1 aromatic carbocycles. The van der Waals surface area contributed by atoms with Crippen LogP contribution in [0.5, 0.6) is 5.75 Å². The Morgan fingerprint density at radius 3 is 2.58 bits per heavy atom. The van der Waals surface area contributed by atoms with Gasteiger partial charge < -0.3 is 23.8 Å². The van der Waals surface area contributed by atoms with Gasteiger partial charge in [-0.2, -0.15) is 0 Å². The number of nitrogens with zero attached hydrogens (tertiary/aromatic N) is 1. The van der Waals surface area contributed by atoms with Crippen LogP contribution < -0.4 is 9.64 Å². The molecular weight excluding hydrogens is 382 g/mol. The molecule has 0 spiro atoms. The molecule has 0 N–H and O–H groups in total. The summed E-state index contributed by atoms with van der Waals surface area (Å²) >= 11 is 3.39. The van der Waals surface area contributed by atoms with Gasteiger partial charge in [0.2, 0.25) is 0 Å². The van der Waals surface area contributed by atoms with E-state index in [0.717, 1.165) is 4.47 Å². The molecular formula is C16H18BrNO6. The maximum absolute atomic E-state index is 12.3. The number of methoxy groups -OCH3 is 2. The highest BCUT2D eigenvalue weighted by Gasteiger charge is 2.33. The number of anilines is 1. The summed E-state index contributed by atoms with van der Waals surface area (Å²) in [5.41, 5.74) is 0.765. The van der Waals surface area contributed by atoms with Crippen LogP contribution in [0.25, 0.3) is 0 Å². The van der Waals surface area contributed by atoms with Gasteiger partial charge in [0, 0.05) is 4.47 Å². The summed E-state index contributed by atoms with van der Waals surface area (Å²) in [6.45, 7) is 2.34. The molecule has 1 aromatic rings. The van der Waals surface area contributed by atoms with E-state index in [4.69, 9.17) is 18.9 Å². The van der Waals surface area contributed by atoms with E-state index in [0.29, 0.717) is 18.0 Å². The first-order valence-corrected chi connectivity index (χ1v) is 8.00. The van der Waals surface area contributed by atoms with Crippen molar-refractivity contribution < 1.29 is 28.5 Å². The third-order valence-electron chi connectivity index (χ3n) is 3.35. The molecule has 0 amide bonds. The van der Waals surface area contributed by atoms with Crippen LogP contribution in [0.2, 0.25) is 0 Å². The van der Waals surface area contributed by atoms with Gasteiger partial charge in [-0.15, -0.1) is 0 Å². The Hall–Kier alpha value is -2.06. The highest BCUT2D eigenvalue weighted by Crippen LogP contribution is 2.36. The first-order chi connectivity index (χ1) is 11.5. The molecule has 0 aromatic heterocycles. The molecule has 0 aliphatic carbocycles. The lowest BCUT2D eigenvalue weighted by molar-refractivity contribution is -0.140. The Morgan fingerprint density at radius 1 is 1.25 bits per heavy atom. The predicted octanol–water partition coefficient (Wildman–Crippen LogP) is 2.24. The summed E-state index contributed by atoms with van der Waals surface area (Å²) in [7, 11) is 2.50. The third-order valence-corrected chi connectivity index (χ3v) is 3.84. The fourth-order valence-electron chi connectivity index (χ4n) is 2.32. The number of halogens is 1. The molecule has 24 heavy (non-hydrogen) atoms. The van der Waals surface area contributed by atoms with Crippen molar-refractivity contribution in [3.63, 3.8) is 0 Å². The van der Waals surface area contributed by atoms with E-state index < -0.39 is 11.9 Å². The summed E-state index contributed by atoms with van der Waals surface area (Å²) in [5, 5.41) is 0. The van der Waals surface area contributed by atoms with Crippen molar-refractivity contribution in [3.05, 3.63) is 33.9 Å². The molecule has 1 aliphatic rings. The summed E-state index contributed by atoms with van der Waals surface area (Å²) in [6, 6.07) is 5.35. The SMILES string of the molecule is CCOc1cc(Br)ccc1N1COCC(C(=O)OC)=C1C(=O)OC. The summed E-state index contributed by atoms with van der Waals surface area (Å²) in [5.74, 6) is -0.748. The van der Waals surface area contributed by atoms with Gasteiger partial charge in [-0.25, -0.2) is 9.59 Å². The minimum atomic E-state index is -0.649. The first kappa shape index (κ1) is 18.3. The van der Waals surface area contributed by atoms with Crippen LogP contribution in [0, 0.1) is 0 Å². The van der Waals surface area contributed by atoms with E-state index >= 15 is 0 Å². The van der Waals surface area contributed by atoms with Crippen molar-refractivity contribution in [1.29, 1.82) is 0 Å². The molecule has 0 radical (unpaired) electrons. The van der Waals surface area contributed by atoms with Crippen LogP contribution in [-0.4, -0.2) is 46.1 Å². The molecule has 7 nitrogen and oxygen atoms in total. The molecule has 0 saturated heterocycles. The van der Waals surface area contributed by atoms with Crippen LogP contribution in [0.1, 0.15) is 6.92 Å². The summed E-state index contributed by atoms with van der Waals surface area (Å²) < 4.78 is 21.5. The molecule has 1 heterocycles. The van der Waals surface area contributed by atoms with Gasteiger partial charge in [0.1, 0.15) is 18.2 Å². The van der Waals surface area contributed by atoms with Gasteiger partial charge in [-0.3, -0.25) is 0 Å². The van der Waals surface area contributed by atoms with Crippen LogP contribution in [0.3, 0.4) is 0 Å². The van der Waals surface area contributed by atoms with Gasteiger partial charge in [-0.1, -0.05) is 15.9 Å². The lowest BCUT2D eigenvalue weighted by Gasteiger charge is -2.32. The predicted molar refractivity (Wildman–Crippen MR) is 89.7 cm³/mol. The molecule has 0 saturated carbocycles. The second-order valence-electron chi connectivity index (χ2n) is 4.76. The van der Waals surface area contributed by atoms with Gasteiger partial charge in [0.05, 0.1) is 38.7 Å². The standard InChI is InChI=1S/C16H18BrNO6/c1-4-24-13-7-10(17)5-6-12(13)18-9-23-8-11(15(19)21-2)14(18)16(20)22-3/h5-7H,4,8-9H2,1-3H3.